The monoisotopic (exact) mass is 287 g/mol. The van der Waals surface area contributed by atoms with E-state index in [1.165, 1.54) is 5.56 Å². The molecule has 1 aromatic carbocycles. The predicted octanol–water partition coefficient (Wildman–Crippen LogP) is 2.75. The van der Waals surface area contributed by atoms with Crippen LogP contribution >= 0.6 is 15.9 Å². The van der Waals surface area contributed by atoms with Crippen molar-refractivity contribution in [2.75, 3.05) is 14.2 Å². The molecule has 16 heavy (non-hydrogen) atoms. The van der Waals surface area contributed by atoms with E-state index in [4.69, 9.17) is 15.2 Å². The van der Waals surface area contributed by atoms with E-state index in [0.717, 1.165) is 28.8 Å². The second-order valence-corrected chi connectivity index (χ2v) is 4.67. The fraction of sp³-hybridized carbons (Fsp3) is 0.500. The van der Waals surface area contributed by atoms with Gasteiger partial charge in [0.05, 0.1) is 14.2 Å². The minimum atomic E-state index is 0.208. The molecule has 0 unspecified atom stereocenters. The summed E-state index contributed by atoms with van der Waals surface area (Å²) in [6.45, 7) is 2.01. The molecule has 0 aliphatic carbocycles. The lowest BCUT2D eigenvalue weighted by atomic mass is 10.1. The molecule has 0 heterocycles. The van der Waals surface area contributed by atoms with Crippen LogP contribution in [0.25, 0.3) is 0 Å². The van der Waals surface area contributed by atoms with Crippen LogP contribution in [-0.4, -0.2) is 20.3 Å². The minimum absolute atomic E-state index is 0.208. The highest BCUT2D eigenvalue weighted by atomic mass is 79.9. The number of hydrogen-bond acceptors (Lipinski definition) is 3. The van der Waals surface area contributed by atoms with Crippen molar-refractivity contribution in [1.82, 2.24) is 0 Å². The molecule has 0 aliphatic rings. The first-order valence-electron chi connectivity index (χ1n) is 5.24. The van der Waals surface area contributed by atoms with Crippen molar-refractivity contribution < 1.29 is 9.47 Å². The molecule has 0 saturated carbocycles. The highest BCUT2D eigenvalue weighted by Crippen LogP contribution is 2.33. The van der Waals surface area contributed by atoms with Crippen molar-refractivity contribution in [3.05, 3.63) is 22.2 Å². The van der Waals surface area contributed by atoms with Crippen LogP contribution in [0.5, 0.6) is 11.5 Å². The van der Waals surface area contributed by atoms with Crippen LogP contribution < -0.4 is 15.2 Å². The van der Waals surface area contributed by atoms with Gasteiger partial charge < -0.3 is 15.2 Å². The van der Waals surface area contributed by atoms with Crippen LogP contribution in [0.2, 0.25) is 0 Å². The fourth-order valence-corrected chi connectivity index (χ4v) is 1.99. The molecule has 1 aromatic rings. The molecular weight excluding hydrogens is 270 g/mol. The van der Waals surface area contributed by atoms with Crippen LogP contribution in [0.4, 0.5) is 0 Å². The summed E-state index contributed by atoms with van der Waals surface area (Å²) in [7, 11) is 3.27. The Morgan fingerprint density at radius 2 is 1.81 bits per heavy atom. The maximum Gasteiger partial charge on any atom is 0.161 e. The molecule has 0 aliphatic heterocycles. The number of rotatable bonds is 5. The lowest BCUT2D eigenvalue weighted by Crippen LogP contribution is -2.15. The normalized spacial score (nSPS) is 12.3. The van der Waals surface area contributed by atoms with Crippen LogP contribution in [0.15, 0.2) is 16.6 Å². The van der Waals surface area contributed by atoms with E-state index in [2.05, 4.69) is 15.9 Å². The van der Waals surface area contributed by atoms with Crippen LogP contribution in [0, 0.1) is 0 Å². The average Bonchev–Trinajstić information content (AvgIpc) is 2.26. The number of nitrogens with two attached hydrogens (primary N) is 1. The van der Waals surface area contributed by atoms with E-state index in [-0.39, 0.29) is 6.04 Å². The Bertz CT molecular complexity index is 353. The first-order valence-corrected chi connectivity index (χ1v) is 6.03. The average molecular weight is 288 g/mol. The van der Waals surface area contributed by atoms with Gasteiger partial charge in [0.15, 0.2) is 11.5 Å². The van der Waals surface area contributed by atoms with Crippen molar-refractivity contribution in [3.8, 4) is 11.5 Å². The zero-order valence-corrected chi connectivity index (χ0v) is 11.5. The van der Waals surface area contributed by atoms with Crippen LogP contribution in [0.1, 0.15) is 18.9 Å². The fourth-order valence-electron chi connectivity index (χ4n) is 1.47. The largest absolute Gasteiger partial charge is 0.493 e. The molecule has 0 radical (unpaired) electrons. The molecule has 3 nitrogen and oxygen atoms in total. The van der Waals surface area contributed by atoms with Crippen LogP contribution in [-0.2, 0) is 6.42 Å². The van der Waals surface area contributed by atoms with Gasteiger partial charge in [-0.1, -0.05) is 15.9 Å². The molecule has 1 rings (SSSR count). The molecule has 0 bridgehead atoms. The molecule has 2 N–H and O–H groups in total. The quantitative estimate of drug-likeness (QED) is 0.906. The summed E-state index contributed by atoms with van der Waals surface area (Å²) in [4.78, 5) is 0. The van der Waals surface area contributed by atoms with Crippen molar-refractivity contribution in [2.24, 2.45) is 5.73 Å². The third kappa shape index (κ3) is 3.39. The van der Waals surface area contributed by atoms with E-state index >= 15 is 0 Å². The molecular formula is C12H18BrNO2. The topological polar surface area (TPSA) is 44.5 Å². The van der Waals surface area contributed by atoms with Gasteiger partial charge in [-0.2, -0.15) is 0 Å². The van der Waals surface area contributed by atoms with Crippen molar-refractivity contribution in [1.29, 1.82) is 0 Å². The molecule has 4 heteroatoms. The van der Waals surface area contributed by atoms with E-state index in [1.807, 2.05) is 19.1 Å². The molecule has 0 aromatic heterocycles. The predicted molar refractivity (Wildman–Crippen MR) is 69.2 cm³/mol. The Labute approximate surface area is 105 Å². The van der Waals surface area contributed by atoms with E-state index in [0.29, 0.717) is 0 Å². The lowest BCUT2D eigenvalue weighted by Gasteiger charge is -2.12. The van der Waals surface area contributed by atoms with Gasteiger partial charge in [-0.25, -0.2) is 0 Å². The molecule has 1 atom stereocenters. The standard InChI is InChI=1S/C12H18BrNO2/c1-8(14)4-5-9-6-11(15-2)12(16-3)7-10(9)13/h6-8H,4-5,14H2,1-3H3/t8-/m0/s1. The van der Waals surface area contributed by atoms with Gasteiger partial charge in [0.2, 0.25) is 0 Å². The number of benzene rings is 1. The van der Waals surface area contributed by atoms with Crippen molar-refractivity contribution in [3.63, 3.8) is 0 Å². The smallest absolute Gasteiger partial charge is 0.161 e. The Hall–Kier alpha value is -0.740. The lowest BCUT2D eigenvalue weighted by molar-refractivity contribution is 0.354. The Kier molecular flexibility index (Phi) is 5.09. The summed E-state index contributed by atoms with van der Waals surface area (Å²) >= 11 is 3.53. The Morgan fingerprint density at radius 1 is 1.25 bits per heavy atom. The SMILES string of the molecule is COc1cc(Br)c(CC[C@H](C)N)cc1OC. The second kappa shape index (κ2) is 6.11. The first-order chi connectivity index (χ1) is 7.58. The number of halogens is 1. The molecule has 0 fully saturated rings. The zero-order valence-electron chi connectivity index (χ0n) is 9.92. The van der Waals surface area contributed by atoms with Crippen LogP contribution in [0.3, 0.4) is 0 Å². The highest BCUT2D eigenvalue weighted by Gasteiger charge is 2.09. The van der Waals surface area contributed by atoms with Crippen molar-refractivity contribution >= 4 is 15.9 Å². The van der Waals surface area contributed by atoms with E-state index in [9.17, 15) is 0 Å². The summed E-state index contributed by atoms with van der Waals surface area (Å²) in [6.07, 6.45) is 1.88. The van der Waals surface area contributed by atoms with Gasteiger partial charge in [0.25, 0.3) is 0 Å². The van der Waals surface area contributed by atoms with Gasteiger partial charge in [-0.15, -0.1) is 0 Å². The van der Waals surface area contributed by atoms with E-state index < -0.39 is 0 Å². The maximum atomic E-state index is 5.75. The summed E-state index contributed by atoms with van der Waals surface area (Å²) in [5.74, 6) is 1.49. The van der Waals surface area contributed by atoms with Gasteiger partial charge in [-0.3, -0.25) is 0 Å². The third-order valence-electron chi connectivity index (χ3n) is 2.42. The Morgan fingerprint density at radius 3 is 2.31 bits per heavy atom. The second-order valence-electron chi connectivity index (χ2n) is 3.81. The number of aryl methyl sites for hydroxylation is 1. The summed E-state index contributed by atoms with van der Waals surface area (Å²) < 4.78 is 11.5. The molecule has 0 spiro atoms. The minimum Gasteiger partial charge on any atom is -0.493 e. The number of ether oxygens (including phenoxy) is 2. The van der Waals surface area contributed by atoms with Gasteiger partial charge >= 0.3 is 0 Å². The molecule has 0 saturated heterocycles. The summed E-state index contributed by atoms with van der Waals surface area (Å²) in [5.41, 5.74) is 6.94. The van der Waals surface area contributed by atoms with Crippen molar-refractivity contribution in [2.45, 2.75) is 25.8 Å². The molecule has 0 amide bonds. The maximum absolute atomic E-state index is 5.75. The first kappa shape index (κ1) is 13.3. The van der Waals surface area contributed by atoms with E-state index in [1.54, 1.807) is 14.2 Å². The third-order valence-corrected chi connectivity index (χ3v) is 3.16. The summed E-state index contributed by atoms with van der Waals surface area (Å²) in [6, 6.07) is 4.13. The molecule has 90 valence electrons. The Balaban J connectivity index is 2.92. The number of methoxy groups -OCH3 is 2. The van der Waals surface area contributed by atoms with Gasteiger partial charge in [-0.05, 0) is 37.5 Å². The zero-order chi connectivity index (χ0) is 12.1. The van der Waals surface area contributed by atoms with Gasteiger partial charge in [0.1, 0.15) is 0 Å². The summed E-state index contributed by atoms with van der Waals surface area (Å²) in [5, 5.41) is 0. The highest BCUT2D eigenvalue weighted by molar-refractivity contribution is 9.10. The van der Waals surface area contributed by atoms with Gasteiger partial charge in [0, 0.05) is 10.5 Å². The number of hydrogen-bond donors (Lipinski definition) is 1.